The minimum atomic E-state index is -0.403. The van der Waals surface area contributed by atoms with Gasteiger partial charge < -0.3 is 10.1 Å². The van der Waals surface area contributed by atoms with Crippen LogP contribution in [-0.4, -0.2) is 17.4 Å². The fourth-order valence-corrected chi connectivity index (χ4v) is 12.0. The molecule has 218 valence electrons. The SMILES string of the molecule is C=C(C)C1CCC2(C(=O)OCc3ccccc3)CC[C@]3(C)[C@H](CC[C@@H]4[C@@]5(C)CC(=O)NC(C)(C)C5CC[C@]43C)C12. The normalized spacial score (nSPS) is 45.2. The van der Waals surface area contributed by atoms with E-state index in [0.717, 1.165) is 50.5 Å². The Kier molecular flexibility index (Phi) is 6.45. The van der Waals surface area contributed by atoms with Crippen molar-refractivity contribution in [2.24, 2.45) is 51.2 Å². The molecule has 0 radical (unpaired) electrons. The van der Waals surface area contributed by atoms with Gasteiger partial charge in [0.1, 0.15) is 6.61 Å². The molecule has 0 aromatic heterocycles. The van der Waals surface area contributed by atoms with Gasteiger partial charge in [-0.05, 0) is 124 Å². The van der Waals surface area contributed by atoms with Gasteiger partial charge in [-0.25, -0.2) is 0 Å². The van der Waals surface area contributed by atoms with Gasteiger partial charge in [0, 0.05) is 12.0 Å². The molecule has 5 aliphatic rings. The first-order chi connectivity index (χ1) is 18.8. The number of ether oxygens (including phenoxy) is 1. The minimum absolute atomic E-state index is 0.0133. The number of benzene rings is 1. The van der Waals surface area contributed by atoms with E-state index in [1.165, 1.54) is 12.0 Å². The third-order valence-corrected chi connectivity index (χ3v) is 13.8. The summed E-state index contributed by atoms with van der Waals surface area (Å²) in [5.74, 6) is 2.42. The van der Waals surface area contributed by atoms with Crippen molar-refractivity contribution >= 4 is 11.9 Å². The first-order valence-electron chi connectivity index (χ1n) is 16.0. The molecule has 1 heterocycles. The van der Waals surface area contributed by atoms with E-state index in [0.29, 0.717) is 42.6 Å². The van der Waals surface area contributed by atoms with Crippen LogP contribution in [-0.2, 0) is 20.9 Å². The lowest BCUT2D eigenvalue weighted by Crippen LogP contribution is -2.70. The lowest BCUT2D eigenvalue weighted by atomic mass is 9.33. The summed E-state index contributed by atoms with van der Waals surface area (Å²) < 4.78 is 6.15. The van der Waals surface area contributed by atoms with Crippen molar-refractivity contribution in [2.75, 3.05) is 0 Å². The van der Waals surface area contributed by atoms with E-state index in [1.54, 1.807) is 0 Å². The highest BCUT2D eigenvalue weighted by Gasteiger charge is 2.72. The molecule has 1 aliphatic heterocycles. The number of hydrogen-bond acceptors (Lipinski definition) is 3. The number of allylic oxidation sites excluding steroid dienone is 1. The number of rotatable bonds is 4. The second-order valence-electron chi connectivity index (χ2n) is 15.9. The third kappa shape index (κ3) is 3.76. The summed E-state index contributed by atoms with van der Waals surface area (Å²) in [7, 11) is 0. The van der Waals surface area contributed by atoms with Crippen molar-refractivity contribution in [3.05, 3.63) is 48.0 Å². The molecule has 4 heteroatoms. The topological polar surface area (TPSA) is 55.4 Å². The van der Waals surface area contributed by atoms with Gasteiger partial charge in [-0.1, -0.05) is 63.3 Å². The van der Waals surface area contributed by atoms with Gasteiger partial charge in [0.05, 0.1) is 5.41 Å². The summed E-state index contributed by atoms with van der Waals surface area (Å²) in [4.78, 5) is 27.2. The maximum atomic E-state index is 14.1. The average molecular weight is 546 g/mol. The minimum Gasteiger partial charge on any atom is -0.460 e. The molecule has 4 aliphatic carbocycles. The van der Waals surface area contributed by atoms with Crippen LogP contribution in [0.5, 0.6) is 0 Å². The summed E-state index contributed by atoms with van der Waals surface area (Å²) in [5.41, 5.74) is 2.02. The molecule has 9 atom stereocenters. The smallest absolute Gasteiger partial charge is 0.312 e. The highest BCUT2D eigenvalue weighted by atomic mass is 16.5. The molecule has 5 fully saturated rings. The Labute approximate surface area is 242 Å². The van der Waals surface area contributed by atoms with Crippen molar-refractivity contribution in [1.82, 2.24) is 5.32 Å². The van der Waals surface area contributed by atoms with E-state index in [2.05, 4.69) is 53.4 Å². The van der Waals surface area contributed by atoms with Gasteiger partial charge in [-0.15, -0.1) is 0 Å². The molecule has 6 rings (SSSR count). The molecule has 1 amide bonds. The van der Waals surface area contributed by atoms with Crippen LogP contribution in [0.25, 0.3) is 0 Å². The van der Waals surface area contributed by atoms with Crippen molar-refractivity contribution in [1.29, 1.82) is 0 Å². The van der Waals surface area contributed by atoms with E-state index >= 15 is 0 Å². The van der Waals surface area contributed by atoms with E-state index in [4.69, 9.17) is 4.74 Å². The van der Waals surface area contributed by atoms with Crippen molar-refractivity contribution in [2.45, 2.75) is 111 Å². The number of esters is 1. The van der Waals surface area contributed by atoms with E-state index in [1.807, 2.05) is 30.3 Å². The Morgan fingerprint density at radius 3 is 2.35 bits per heavy atom. The molecular weight excluding hydrogens is 494 g/mol. The predicted octanol–water partition coefficient (Wildman–Crippen LogP) is 7.87. The highest BCUT2D eigenvalue weighted by molar-refractivity contribution is 5.79. The number of carbonyl (C=O) groups excluding carboxylic acids is 2. The largest absolute Gasteiger partial charge is 0.460 e. The zero-order chi connectivity index (χ0) is 28.7. The lowest BCUT2D eigenvalue weighted by Gasteiger charge is -2.72. The summed E-state index contributed by atoms with van der Waals surface area (Å²) in [5, 5.41) is 3.34. The van der Waals surface area contributed by atoms with Crippen molar-refractivity contribution in [3.63, 3.8) is 0 Å². The number of piperidine rings is 1. The van der Waals surface area contributed by atoms with Crippen LogP contribution in [0.3, 0.4) is 0 Å². The maximum Gasteiger partial charge on any atom is 0.312 e. The first-order valence-corrected chi connectivity index (χ1v) is 16.0. The molecule has 1 aromatic rings. The van der Waals surface area contributed by atoms with Gasteiger partial charge in [-0.2, -0.15) is 0 Å². The first kappa shape index (κ1) is 28.0. The molecule has 1 saturated heterocycles. The van der Waals surface area contributed by atoms with Gasteiger partial charge in [0.15, 0.2) is 0 Å². The van der Waals surface area contributed by atoms with Crippen LogP contribution in [0.1, 0.15) is 105 Å². The maximum absolute atomic E-state index is 14.1. The second-order valence-corrected chi connectivity index (χ2v) is 15.9. The Balaban J connectivity index is 1.35. The van der Waals surface area contributed by atoms with Gasteiger partial charge in [0.2, 0.25) is 5.91 Å². The molecule has 1 aromatic carbocycles. The summed E-state index contributed by atoms with van der Waals surface area (Å²) in [6.45, 7) is 19.1. The van der Waals surface area contributed by atoms with E-state index in [9.17, 15) is 9.59 Å². The molecule has 4 saturated carbocycles. The third-order valence-electron chi connectivity index (χ3n) is 13.8. The molecule has 40 heavy (non-hydrogen) atoms. The van der Waals surface area contributed by atoms with Crippen LogP contribution in [0, 0.1) is 51.2 Å². The second kappa shape index (κ2) is 9.20. The Morgan fingerprint density at radius 2 is 1.65 bits per heavy atom. The quantitative estimate of drug-likeness (QED) is 0.309. The summed E-state index contributed by atoms with van der Waals surface area (Å²) >= 11 is 0. The fraction of sp³-hybridized carbons (Fsp3) is 0.722. The standard InChI is InChI=1S/C36H51NO3/c1-23(2)25-15-18-36(31(39)40-22-24-11-9-8-10-12-24)20-19-34(6)26(30(25)36)13-14-28-33(5)21-29(38)37-32(3,4)27(33)16-17-35(28,34)7/h8-12,25-28,30H,1,13-22H2,2-7H3,(H,37,38)/t25?,26-,27?,28-,30?,33+,34-,35-,36?/m1/s1. The average Bonchev–Trinajstić information content (AvgIpc) is 3.28. The number of amides is 1. The molecule has 0 bridgehead atoms. The molecular formula is C36H51NO3. The number of carbonyl (C=O) groups is 2. The van der Waals surface area contributed by atoms with Crippen LogP contribution in [0.15, 0.2) is 42.5 Å². The molecule has 4 unspecified atom stereocenters. The van der Waals surface area contributed by atoms with Crippen molar-refractivity contribution < 1.29 is 14.3 Å². The Morgan fingerprint density at radius 1 is 0.925 bits per heavy atom. The van der Waals surface area contributed by atoms with E-state index in [-0.39, 0.29) is 33.7 Å². The number of fused-ring (bicyclic) bond motifs is 7. The van der Waals surface area contributed by atoms with Gasteiger partial charge in [-0.3, -0.25) is 9.59 Å². The van der Waals surface area contributed by atoms with Crippen LogP contribution in [0.2, 0.25) is 0 Å². The summed E-state index contributed by atoms with van der Waals surface area (Å²) in [6.07, 6.45) is 9.26. The molecule has 1 N–H and O–H groups in total. The van der Waals surface area contributed by atoms with Crippen molar-refractivity contribution in [3.8, 4) is 0 Å². The van der Waals surface area contributed by atoms with Gasteiger partial charge >= 0.3 is 5.97 Å². The highest BCUT2D eigenvalue weighted by Crippen LogP contribution is 2.76. The Hall–Kier alpha value is -2.10. The molecule has 4 nitrogen and oxygen atoms in total. The molecule has 0 spiro atoms. The number of hydrogen-bond donors (Lipinski definition) is 1. The number of nitrogens with one attached hydrogen (secondary N) is 1. The van der Waals surface area contributed by atoms with E-state index < -0.39 is 5.41 Å². The summed E-state index contributed by atoms with van der Waals surface area (Å²) in [6, 6.07) is 10.1. The van der Waals surface area contributed by atoms with Crippen LogP contribution < -0.4 is 5.32 Å². The van der Waals surface area contributed by atoms with Gasteiger partial charge in [0.25, 0.3) is 0 Å². The fourth-order valence-electron chi connectivity index (χ4n) is 12.0. The van der Waals surface area contributed by atoms with Crippen LogP contribution >= 0.6 is 0 Å². The Bertz CT molecular complexity index is 1210. The monoisotopic (exact) mass is 545 g/mol. The van der Waals surface area contributed by atoms with Crippen LogP contribution in [0.4, 0.5) is 0 Å². The zero-order valence-electron chi connectivity index (χ0n) is 25.8. The zero-order valence-corrected chi connectivity index (χ0v) is 25.8. The lowest BCUT2D eigenvalue weighted by molar-refractivity contribution is -0.233. The predicted molar refractivity (Wildman–Crippen MR) is 159 cm³/mol.